The second-order valence-corrected chi connectivity index (χ2v) is 4.47. The van der Waals surface area contributed by atoms with Crippen LogP contribution in [-0.2, 0) is 4.79 Å². The van der Waals surface area contributed by atoms with Crippen LogP contribution in [-0.4, -0.2) is 22.0 Å². The molecule has 0 saturated heterocycles. The van der Waals surface area contributed by atoms with Crippen LogP contribution in [0, 0.1) is 5.92 Å². The fourth-order valence-corrected chi connectivity index (χ4v) is 1.83. The lowest BCUT2D eigenvalue weighted by atomic mass is 9.96. The van der Waals surface area contributed by atoms with Gasteiger partial charge in [-0.3, -0.25) is 9.59 Å². The summed E-state index contributed by atoms with van der Waals surface area (Å²) in [6.45, 7) is 1.51. The summed E-state index contributed by atoms with van der Waals surface area (Å²) in [5.74, 6) is -2.40. The summed E-state index contributed by atoms with van der Waals surface area (Å²) in [6.07, 6.45) is -0.269. The zero-order chi connectivity index (χ0) is 13.2. The number of ketones is 1. The predicted molar refractivity (Wildman–Crippen MR) is 63.9 cm³/mol. The summed E-state index contributed by atoms with van der Waals surface area (Å²) in [5.41, 5.74) is 0.187. The summed E-state index contributed by atoms with van der Waals surface area (Å²) >= 11 is 11.3. The normalized spacial score (nSPS) is 12.2. The van der Waals surface area contributed by atoms with Crippen LogP contribution in [0.1, 0.15) is 23.7 Å². The summed E-state index contributed by atoms with van der Waals surface area (Å²) in [4.78, 5) is 22.3. The number of rotatable bonds is 4. The van der Waals surface area contributed by atoms with E-state index in [9.17, 15) is 14.7 Å². The van der Waals surface area contributed by atoms with Gasteiger partial charge >= 0.3 is 5.97 Å². The highest BCUT2D eigenvalue weighted by Gasteiger charge is 2.20. The largest absolute Gasteiger partial charge is 0.505 e. The first kappa shape index (κ1) is 13.8. The van der Waals surface area contributed by atoms with Crippen molar-refractivity contribution in [3.8, 4) is 5.75 Å². The molecule has 92 valence electrons. The molecule has 1 rings (SSSR count). The minimum Gasteiger partial charge on any atom is -0.505 e. The number of aliphatic carboxylic acids is 1. The Kier molecular flexibility index (Phi) is 4.37. The molecule has 4 nitrogen and oxygen atoms in total. The summed E-state index contributed by atoms with van der Waals surface area (Å²) in [7, 11) is 0. The SMILES string of the molecule is CC(CC(=O)O)C(=O)c1cc(Cl)c(O)c(Cl)c1. The lowest BCUT2D eigenvalue weighted by Crippen LogP contribution is -2.15. The molecule has 0 fully saturated rings. The zero-order valence-electron chi connectivity index (χ0n) is 8.91. The van der Waals surface area contributed by atoms with Gasteiger partial charge in [0, 0.05) is 11.5 Å². The molecule has 0 aliphatic carbocycles. The molecule has 2 N–H and O–H groups in total. The van der Waals surface area contributed by atoms with Gasteiger partial charge < -0.3 is 10.2 Å². The molecule has 0 amide bonds. The minimum atomic E-state index is -1.05. The van der Waals surface area contributed by atoms with Crippen molar-refractivity contribution < 1.29 is 19.8 Å². The van der Waals surface area contributed by atoms with Crippen molar-refractivity contribution in [3.05, 3.63) is 27.7 Å². The van der Waals surface area contributed by atoms with Gasteiger partial charge in [-0.1, -0.05) is 30.1 Å². The van der Waals surface area contributed by atoms with E-state index in [1.54, 1.807) is 0 Å². The Morgan fingerprint density at radius 3 is 2.18 bits per heavy atom. The Hall–Kier alpha value is -1.26. The Morgan fingerprint density at radius 2 is 1.76 bits per heavy atom. The summed E-state index contributed by atoms with van der Waals surface area (Å²) in [5, 5.41) is 17.8. The van der Waals surface area contributed by atoms with Crippen LogP contribution in [0.3, 0.4) is 0 Å². The number of hydrogen-bond acceptors (Lipinski definition) is 3. The minimum absolute atomic E-state index is 0.0385. The van der Waals surface area contributed by atoms with Crippen molar-refractivity contribution in [1.29, 1.82) is 0 Å². The third kappa shape index (κ3) is 3.35. The van der Waals surface area contributed by atoms with Crippen LogP contribution in [0.2, 0.25) is 10.0 Å². The maximum atomic E-state index is 11.8. The highest BCUT2D eigenvalue weighted by Crippen LogP contribution is 2.33. The Bertz CT molecular complexity index is 448. The first-order valence-electron chi connectivity index (χ1n) is 4.77. The van der Waals surface area contributed by atoms with E-state index in [1.807, 2.05) is 0 Å². The number of carboxylic acid groups (broad SMARTS) is 1. The van der Waals surface area contributed by atoms with Gasteiger partial charge in [0.1, 0.15) is 0 Å². The van der Waals surface area contributed by atoms with E-state index in [0.29, 0.717) is 0 Å². The van der Waals surface area contributed by atoms with E-state index in [1.165, 1.54) is 19.1 Å². The van der Waals surface area contributed by atoms with Gasteiger partial charge in [0.2, 0.25) is 0 Å². The van der Waals surface area contributed by atoms with Gasteiger partial charge in [-0.25, -0.2) is 0 Å². The standard InChI is InChI=1S/C11H10Cl2O4/c1-5(2-9(14)15)10(16)6-3-7(12)11(17)8(13)4-6/h3-5,17H,2H2,1H3,(H,14,15). The van der Waals surface area contributed by atoms with Gasteiger partial charge in [0.05, 0.1) is 16.5 Å². The van der Waals surface area contributed by atoms with Gasteiger partial charge in [-0.05, 0) is 12.1 Å². The quantitative estimate of drug-likeness (QED) is 0.829. The molecular formula is C11H10Cl2O4. The molecule has 0 aromatic heterocycles. The molecule has 0 saturated carbocycles. The van der Waals surface area contributed by atoms with Crippen LogP contribution in [0.15, 0.2) is 12.1 Å². The molecule has 1 aromatic rings. The number of carboxylic acids is 1. The van der Waals surface area contributed by atoms with E-state index in [0.717, 1.165) is 0 Å². The molecule has 0 bridgehead atoms. The maximum Gasteiger partial charge on any atom is 0.304 e. The van der Waals surface area contributed by atoms with E-state index < -0.39 is 11.9 Å². The number of Topliss-reactive ketones (excluding diaryl/α,β-unsaturated/α-hetero) is 1. The molecule has 0 aliphatic rings. The molecule has 1 atom stereocenters. The number of phenols is 1. The average Bonchev–Trinajstić information content (AvgIpc) is 2.23. The second-order valence-electron chi connectivity index (χ2n) is 3.65. The van der Waals surface area contributed by atoms with Crippen molar-refractivity contribution >= 4 is 35.0 Å². The monoisotopic (exact) mass is 276 g/mol. The van der Waals surface area contributed by atoms with Crippen molar-refractivity contribution in [2.75, 3.05) is 0 Å². The molecule has 0 spiro atoms. The molecule has 17 heavy (non-hydrogen) atoms. The van der Waals surface area contributed by atoms with Crippen molar-refractivity contribution in [1.82, 2.24) is 0 Å². The van der Waals surface area contributed by atoms with Crippen molar-refractivity contribution in [2.24, 2.45) is 5.92 Å². The fourth-order valence-electron chi connectivity index (χ4n) is 1.35. The topological polar surface area (TPSA) is 74.6 Å². The first-order chi connectivity index (χ1) is 7.82. The van der Waals surface area contributed by atoms with Gasteiger partial charge in [-0.2, -0.15) is 0 Å². The lowest BCUT2D eigenvalue weighted by Gasteiger charge is -2.09. The Balaban J connectivity index is 3.01. The number of hydrogen-bond donors (Lipinski definition) is 2. The van der Waals surface area contributed by atoms with Crippen LogP contribution in [0.4, 0.5) is 0 Å². The number of carbonyl (C=O) groups excluding carboxylic acids is 1. The van der Waals surface area contributed by atoms with Crippen molar-refractivity contribution in [2.45, 2.75) is 13.3 Å². The Labute approximate surface area is 108 Å². The van der Waals surface area contributed by atoms with Crippen molar-refractivity contribution in [3.63, 3.8) is 0 Å². The lowest BCUT2D eigenvalue weighted by molar-refractivity contribution is -0.137. The summed E-state index contributed by atoms with van der Waals surface area (Å²) in [6, 6.07) is 2.53. The number of benzene rings is 1. The highest BCUT2D eigenvalue weighted by atomic mass is 35.5. The van der Waals surface area contributed by atoms with E-state index in [4.69, 9.17) is 28.3 Å². The zero-order valence-corrected chi connectivity index (χ0v) is 10.4. The summed E-state index contributed by atoms with van der Waals surface area (Å²) < 4.78 is 0. The van der Waals surface area contributed by atoms with Gasteiger partial charge in [0.25, 0.3) is 0 Å². The van der Waals surface area contributed by atoms with E-state index in [2.05, 4.69) is 0 Å². The smallest absolute Gasteiger partial charge is 0.304 e. The molecule has 0 heterocycles. The van der Waals surface area contributed by atoms with Gasteiger partial charge in [0.15, 0.2) is 11.5 Å². The fraction of sp³-hybridized carbons (Fsp3) is 0.273. The van der Waals surface area contributed by atoms with E-state index >= 15 is 0 Å². The molecule has 0 radical (unpaired) electrons. The maximum absolute atomic E-state index is 11.8. The van der Waals surface area contributed by atoms with Crippen LogP contribution in [0.25, 0.3) is 0 Å². The predicted octanol–water partition coefficient (Wildman–Crippen LogP) is 2.99. The highest BCUT2D eigenvalue weighted by molar-refractivity contribution is 6.37. The first-order valence-corrected chi connectivity index (χ1v) is 5.52. The molecule has 0 aliphatic heterocycles. The second kappa shape index (κ2) is 5.38. The molecule has 6 heteroatoms. The molecule has 1 aromatic carbocycles. The number of carbonyl (C=O) groups is 2. The van der Waals surface area contributed by atoms with Crippen LogP contribution < -0.4 is 0 Å². The number of phenolic OH excluding ortho intramolecular Hbond substituents is 1. The average molecular weight is 277 g/mol. The van der Waals surface area contributed by atoms with Crippen LogP contribution in [0.5, 0.6) is 5.75 Å². The van der Waals surface area contributed by atoms with Crippen LogP contribution >= 0.6 is 23.2 Å². The number of halogens is 2. The third-order valence-electron chi connectivity index (χ3n) is 2.23. The third-order valence-corrected chi connectivity index (χ3v) is 2.81. The molecular weight excluding hydrogens is 267 g/mol. The molecule has 1 unspecified atom stereocenters. The van der Waals surface area contributed by atoms with Gasteiger partial charge in [-0.15, -0.1) is 0 Å². The van der Waals surface area contributed by atoms with E-state index in [-0.39, 0.29) is 33.6 Å². The number of aromatic hydroxyl groups is 1. The Morgan fingerprint density at radius 1 is 1.29 bits per heavy atom.